The molecule has 5 rings (SSSR count). The number of benzene rings is 3. The number of halogens is 1. The third kappa shape index (κ3) is 4.82. The first-order valence-electron chi connectivity index (χ1n) is 10.7. The molecule has 0 aliphatic carbocycles. The molecule has 3 amide bonds. The molecular formula is C26H17ClN4O5. The van der Waals surface area contributed by atoms with Crippen molar-refractivity contribution in [1.29, 1.82) is 0 Å². The van der Waals surface area contributed by atoms with Gasteiger partial charge in [-0.25, -0.2) is 4.79 Å². The molecule has 0 unspecified atom stereocenters. The van der Waals surface area contributed by atoms with Gasteiger partial charge in [0.15, 0.2) is 0 Å². The van der Waals surface area contributed by atoms with Gasteiger partial charge in [0.25, 0.3) is 11.6 Å². The molecule has 1 aliphatic rings. The zero-order valence-corrected chi connectivity index (χ0v) is 19.2. The first-order chi connectivity index (χ1) is 17.4. The van der Waals surface area contributed by atoms with Crippen LogP contribution in [0.15, 0.2) is 83.3 Å². The summed E-state index contributed by atoms with van der Waals surface area (Å²) in [4.78, 5) is 35.5. The Balaban J connectivity index is 1.33. The van der Waals surface area contributed by atoms with Crippen molar-refractivity contribution >= 4 is 57.9 Å². The normalized spacial score (nSPS) is 13.2. The number of rotatable bonds is 5. The van der Waals surface area contributed by atoms with Crippen LogP contribution in [0.2, 0.25) is 5.02 Å². The second kappa shape index (κ2) is 9.40. The average Bonchev–Trinajstić information content (AvgIpc) is 3.45. The molecule has 0 saturated heterocycles. The molecule has 36 heavy (non-hydrogen) atoms. The third-order valence-electron chi connectivity index (χ3n) is 5.42. The van der Waals surface area contributed by atoms with Crippen molar-refractivity contribution in [2.75, 3.05) is 16.0 Å². The molecule has 1 aliphatic heterocycles. The number of anilines is 3. The molecule has 3 aromatic carbocycles. The highest BCUT2D eigenvalue weighted by atomic mass is 35.5. The molecular weight excluding hydrogens is 484 g/mol. The summed E-state index contributed by atoms with van der Waals surface area (Å²) in [6.07, 6.45) is 1.60. The number of nitrogens with one attached hydrogen (secondary N) is 3. The summed E-state index contributed by atoms with van der Waals surface area (Å²) < 4.78 is 5.82. The number of amides is 3. The highest BCUT2D eigenvalue weighted by Crippen LogP contribution is 2.36. The quantitative estimate of drug-likeness (QED) is 0.161. The van der Waals surface area contributed by atoms with Gasteiger partial charge in [0, 0.05) is 39.7 Å². The number of furan rings is 1. The van der Waals surface area contributed by atoms with Crippen LogP contribution in [0.25, 0.3) is 23.0 Å². The van der Waals surface area contributed by atoms with Crippen LogP contribution in [0.4, 0.5) is 27.5 Å². The molecule has 0 fully saturated rings. The summed E-state index contributed by atoms with van der Waals surface area (Å²) in [5.74, 6) is 0.538. The number of carbonyl (C=O) groups excluding carboxylic acids is 2. The van der Waals surface area contributed by atoms with Crippen molar-refractivity contribution in [1.82, 2.24) is 0 Å². The van der Waals surface area contributed by atoms with Crippen LogP contribution in [0.1, 0.15) is 11.3 Å². The maximum Gasteiger partial charge on any atom is 0.323 e. The van der Waals surface area contributed by atoms with Crippen molar-refractivity contribution in [3.63, 3.8) is 0 Å². The Morgan fingerprint density at radius 2 is 1.72 bits per heavy atom. The van der Waals surface area contributed by atoms with Crippen molar-refractivity contribution < 1.29 is 18.9 Å². The molecule has 10 heteroatoms. The molecule has 3 N–H and O–H groups in total. The van der Waals surface area contributed by atoms with Crippen molar-refractivity contribution in [3.05, 3.63) is 105 Å². The van der Waals surface area contributed by atoms with Crippen LogP contribution < -0.4 is 16.0 Å². The fourth-order valence-corrected chi connectivity index (χ4v) is 3.87. The number of nitrogens with zero attached hydrogens (tertiary/aromatic N) is 1. The number of non-ortho nitro benzene ring substituents is 1. The van der Waals surface area contributed by atoms with E-state index in [1.54, 1.807) is 72.8 Å². The molecule has 4 aromatic rings. The Morgan fingerprint density at radius 1 is 0.972 bits per heavy atom. The lowest BCUT2D eigenvalue weighted by Gasteiger charge is -2.09. The van der Waals surface area contributed by atoms with Gasteiger partial charge in [-0.15, -0.1) is 0 Å². The van der Waals surface area contributed by atoms with Gasteiger partial charge >= 0.3 is 6.03 Å². The summed E-state index contributed by atoms with van der Waals surface area (Å²) >= 11 is 5.86. The fourth-order valence-electron chi connectivity index (χ4n) is 3.74. The van der Waals surface area contributed by atoms with Crippen molar-refractivity contribution in [2.24, 2.45) is 0 Å². The molecule has 0 radical (unpaired) electrons. The van der Waals surface area contributed by atoms with E-state index in [0.717, 1.165) is 0 Å². The Hall–Kier alpha value is -4.89. The Labute approximate surface area is 209 Å². The van der Waals surface area contributed by atoms with E-state index in [4.69, 9.17) is 16.0 Å². The summed E-state index contributed by atoms with van der Waals surface area (Å²) in [5.41, 5.74) is 3.17. The van der Waals surface area contributed by atoms with E-state index in [9.17, 15) is 19.7 Å². The zero-order valence-electron chi connectivity index (χ0n) is 18.4. The van der Waals surface area contributed by atoms with Crippen LogP contribution in [0.3, 0.4) is 0 Å². The summed E-state index contributed by atoms with van der Waals surface area (Å²) in [6.45, 7) is 0. The highest BCUT2D eigenvalue weighted by molar-refractivity contribution is 6.35. The second-order valence-corrected chi connectivity index (χ2v) is 8.30. The van der Waals surface area contributed by atoms with Gasteiger partial charge in [0.05, 0.1) is 16.2 Å². The van der Waals surface area contributed by atoms with Crippen LogP contribution in [0.5, 0.6) is 0 Å². The molecule has 1 aromatic heterocycles. The smallest absolute Gasteiger partial charge is 0.323 e. The molecule has 178 valence electrons. The van der Waals surface area contributed by atoms with Crippen molar-refractivity contribution in [3.8, 4) is 11.3 Å². The summed E-state index contributed by atoms with van der Waals surface area (Å²) in [6, 6.07) is 20.8. The van der Waals surface area contributed by atoms with Gasteiger partial charge in [0.1, 0.15) is 11.5 Å². The van der Waals surface area contributed by atoms with Crippen molar-refractivity contribution in [2.45, 2.75) is 0 Å². The lowest BCUT2D eigenvalue weighted by Crippen LogP contribution is -2.19. The molecule has 2 heterocycles. The second-order valence-electron chi connectivity index (χ2n) is 7.87. The number of nitro benzene ring substituents is 1. The van der Waals surface area contributed by atoms with Crippen LogP contribution >= 0.6 is 11.6 Å². The van der Waals surface area contributed by atoms with Crippen LogP contribution in [0, 0.1) is 10.1 Å². The van der Waals surface area contributed by atoms with Crippen LogP contribution in [-0.2, 0) is 4.79 Å². The summed E-state index contributed by atoms with van der Waals surface area (Å²) in [5, 5.41) is 19.8. The van der Waals surface area contributed by atoms with Crippen LogP contribution in [-0.4, -0.2) is 16.9 Å². The Bertz CT molecular complexity index is 1540. The number of nitro groups is 1. The van der Waals surface area contributed by atoms with Gasteiger partial charge in [-0.3, -0.25) is 14.9 Å². The minimum Gasteiger partial charge on any atom is -0.457 e. The topological polar surface area (TPSA) is 127 Å². The predicted molar refractivity (Wildman–Crippen MR) is 138 cm³/mol. The number of hydrogen-bond donors (Lipinski definition) is 3. The average molecular weight is 501 g/mol. The van der Waals surface area contributed by atoms with E-state index in [-0.39, 0.29) is 11.6 Å². The first kappa shape index (κ1) is 22.9. The van der Waals surface area contributed by atoms with E-state index in [1.807, 2.05) is 0 Å². The van der Waals surface area contributed by atoms with Gasteiger partial charge < -0.3 is 20.4 Å². The molecule has 0 saturated carbocycles. The van der Waals surface area contributed by atoms with E-state index < -0.39 is 11.0 Å². The monoisotopic (exact) mass is 500 g/mol. The van der Waals surface area contributed by atoms with E-state index in [2.05, 4.69) is 16.0 Å². The fraction of sp³-hybridized carbons (Fsp3) is 0. The van der Waals surface area contributed by atoms with E-state index in [0.29, 0.717) is 50.3 Å². The highest BCUT2D eigenvalue weighted by Gasteiger charge is 2.25. The van der Waals surface area contributed by atoms with Gasteiger partial charge in [-0.1, -0.05) is 29.8 Å². The number of hydrogen-bond acceptors (Lipinski definition) is 5. The predicted octanol–water partition coefficient (Wildman–Crippen LogP) is 6.64. The molecule has 0 bridgehead atoms. The lowest BCUT2D eigenvalue weighted by molar-refractivity contribution is -0.384. The SMILES string of the molecule is O=C(Nc1ccc(Cl)cc1)Nc1ccc2c(c1)NC(=O)/C2=C/c1ccc(-c2cccc([N+](=O)[O-])c2)o1. The first-order valence-corrected chi connectivity index (χ1v) is 11.1. The minimum atomic E-state index is -0.473. The Kier molecular flexibility index (Phi) is 5.97. The maximum absolute atomic E-state index is 12.6. The third-order valence-corrected chi connectivity index (χ3v) is 5.67. The minimum absolute atomic E-state index is 0.0424. The molecule has 9 nitrogen and oxygen atoms in total. The number of carbonyl (C=O) groups is 2. The maximum atomic E-state index is 12.6. The molecule has 0 spiro atoms. The number of fused-ring (bicyclic) bond motifs is 1. The molecule has 0 atom stereocenters. The largest absolute Gasteiger partial charge is 0.457 e. The van der Waals surface area contributed by atoms with Gasteiger partial charge in [0.2, 0.25) is 0 Å². The zero-order chi connectivity index (χ0) is 25.2. The number of urea groups is 1. The van der Waals surface area contributed by atoms with Gasteiger partial charge in [-0.2, -0.15) is 0 Å². The standard InChI is InChI=1S/C26H17ClN4O5/c27-16-4-6-17(7-5-16)28-26(33)29-18-8-10-21-22(25(32)30-23(21)13-18)14-20-9-11-24(36-20)15-2-1-3-19(12-15)31(34)35/h1-14H,(H,30,32)(H2,28,29,33)/b22-14+. The summed E-state index contributed by atoms with van der Waals surface area (Å²) in [7, 11) is 0. The van der Waals surface area contributed by atoms with E-state index >= 15 is 0 Å². The Morgan fingerprint density at radius 3 is 2.50 bits per heavy atom. The lowest BCUT2D eigenvalue weighted by atomic mass is 10.1. The van der Waals surface area contributed by atoms with E-state index in [1.165, 1.54) is 12.1 Å². The van der Waals surface area contributed by atoms with Gasteiger partial charge in [-0.05, 0) is 54.6 Å².